The van der Waals surface area contributed by atoms with Crippen molar-refractivity contribution in [2.24, 2.45) is 0 Å². The van der Waals surface area contributed by atoms with Gasteiger partial charge in [-0.1, -0.05) is 30.3 Å². The van der Waals surface area contributed by atoms with Crippen LogP contribution in [0.3, 0.4) is 0 Å². The Labute approximate surface area is 125 Å². The molecule has 0 heterocycles. The smallest absolute Gasteiger partial charge is 0.392 e. The molecule has 0 saturated heterocycles. The number of anilines is 1. The van der Waals surface area contributed by atoms with Gasteiger partial charge in [0.2, 0.25) is 5.91 Å². The fourth-order valence-corrected chi connectivity index (χ4v) is 2.00. The fourth-order valence-electron chi connectivity index (χ4n) is 2.00. The maximum absolute atomic E-state index is 12.6. The molecular weight excluding hydrogens is 295 g/mol. The van der Waals surface area contributed by atoms with E-state index < -0.39 is 17.6 Å². The Morgan fingerprint density at radius 1 is 1.05 bits per heavy atom. The van der Waals surface area contributed by atoms with Gasteiger partial charge in [-0.3, -0.25) is 4.79 Å². The molecule has 0 aliphatic rings. The normalized spacial score (nSPS) is 11.3. The average Bonchev–Trinajstić information content (AvgIpc) is 2.46. The lowest BCUT2D eigenvalue weighted by Crippen LogP contribution is -2.15. The largest absolute Gasteiger partial charge is 0.416 e. The highest BCUT2D eigenvalue weighted by molar-refractivity contribution is 5.92. The second kappa shape index (κ2) is 6.62. The molecule has 2 N–H and O–H groups in total. The van der Waals surface area contributed by atoms with Crippen LogP contribution < -0.4 is 5.32 Å². The van der Waals surface area contributed by atoms with Gasteiger partial charge in [0, 0.05) is 5.69 Å². The molecule has 2 aromatic carbocycles. The van der Waals surface area contributed by atoms with Crippen molar-refractivity contribution in [3.63, 3.8) is 0 Å². The van der Waals surface area contributed by atoms with Crippen molar-refractivity contribution in [1.29, 1.82) is 0 Å². The van der Waals surface area contributed by atoms with Gasteiger partial charge in [-0.2, -0.15) is 13.2 Å². The molecule has 0 fully saturated rings. The van der Waals surface area contributed by atoms with E-state index in [-0.39, 0.29) is 18.6 Å². The Morgan fingerprint density at radius 3 is 2.41 bits per heavy atom. The highest BCUT2D eigenvalue weighted by Crippen LogP contribution is 2.29. The summed E-state index contributed by atoms with van der Waals surface area (Å²) in [4.78, 5) is 11.9. The number of amides is 1. The first-order chi connectivity index (χ1) is 10.4. The molecule has 2 aromatic rings. The van der Waals surface area contributed by atoms with E-state index in [1.165, 1.54) is 12.1 Å². The molecule has 0 bridgehead atoms. The third-order valence-electron chi connectivity index (χ3n) is 3.01. The van der Waals surface area contributed by atoms with Gasteiger partial charge in [-0.05, 0) is 29.3 Å². The van der Waals surface area contributed by atoms with Gasteiger partial charge in [-0.25, -0.2) is 0 Å². The van der Waals surface area contributed by atoms with Gasteiger partial charge in [-0.15, -0.1) is 0 Å². The monoisotopic (exact) mass is 309 g/mol. The Kier molecular flexibility index (Phi) is 4.82. The molecule has 0 unspecified atom stereocenters. The zero-order valence-electron chi connectivity index (χ0n) is 11.5. The van der Waals surface area contributed by atoms with Gasteiger partial charge in [0.25, 0.3) is 0 Å². The standard InChI is InChI=1S/C16H14F3NO2/c17-16(18,19)13-5-1-3-11(7-13)9-15(22)20-14-6-2-4-12(8-14)10-21/h1-8,21H,9-10H2,(H,20,22). The maximum atomic E-state index is 12.6. The molecule has 2 rings (SSSR count). The fraction of sp³-hybridized carbons (Fsp3) is 0.188. The van der Waals surface area contributed by atoms with Crippen LogP contribution >= 0.6 is 0 Å². The van der Waals surface area contributed by atoms with Crippen LogP contribution in [-0.2, 0) is 24.0 Å². The maximum Gasteiger partial charge on any atom is 0.416 e. The molecule has 0 aromatic heterocycles. The molecule has 0 spiro atoms. The molecule has 0 atom stereocenters. The van der Waals surface area contributed by atoms with Crippen LogP contribution in [0.25, 0.3) is 0 Å². The summed E-state index contributed by atoms with van der Waals surface area (Å²) >= 11 is 0. The Bertz CT molecular complexity index is 668. The second-order valence-corrected chi connectivity index (χ2v) is 4.78. The van der Waals surface area contributed by atoms with E-state index in [1.807, 2.05) is 0 Å². The lowest BCUT2D eigenvalue weighted by molar-refractivity contribution is -0.137. The van der Waals surface area contributed by atoms with Gasteiger partial charge >= 0.3 is 6.18 Å². The van der Waals surface area contributed by atoms with Crippen molar-refractivity contribution in [1.82, 2.24) is 0 Å². The summed E-state index contributed by atoms with van der Waals surface area (Å²) in [6.45, 7) is -0.155. The zero-order chi connectivity index (χ0) is 16.2. The number of nitrogens with one attached hydrogen (secondary N) is 1. The summed E-state index contributed by atoms with van der Waals surface area (Å²) < 4.78 is 37.8. The number of aliphatic hydroxyl groups excluding tert-OH is 1. The van der Waals surface area contributed by atoms with Crippen LogP contribution in [0.15, 0.2) is 48.5 Å². The van der Waals surface area contributed by atoms with E-state index in [4.69, 9.17) is 5.11 Å². The Morgan fingerprint density at radius 2 is 1.73 bits per heavy atom. The van der Waals surface area contributed by atoms with E-state index in [0.29, 0.717) is 11.3 Å². The number of hydrogen-bond acceptors (Lipinski definition) is 2. The first-order valence-corrected chi connectivity index (χ1v) is 6.54. The third-order valence-corrected chi connectivity index (χ3v) is 3.01. The summed E-state index contributed by atoms with van der Waals surface area (Å²) in [5.74, 6) is -0.422. The molecule has 0 aliphatic heterocycles. The molecule has 3 nitrogen and oxygen atoms in total. The molecule has 0 radical (unpaired) electrons. The number of aliphatic hydroxyl groups is 1. The minimum Gasteiger partial charge on any atom is -0.392 e. The predicted molar refractivity (Wildman–Crippen MR) is 76.1 cm³/mol. The third kappa shape index (κ3) is 4.33. The van der Waals surface area contributed by atoms with Gasteiger partial charge in [0.05, 0.1) is 18.6 Å². The van der Waals surface area contributed by atoms with Gasteiger partial charge in [0.15, 0.2) is 0 Å². The van der Waals surface area contributed by atoms with Crippen LogP contribution in [-0.4, -0.2) is 11.0 Å². The molecule has 116 valence electrons. The lowest BCUT2D eigenvalue weighted by atomic mass is 10.1. The van der Waals surface area contributed by atoms with Crippen LogP contribution in [0.5, 0.6) is 0 Å². The Balaban J connectivity index is 2.06. The number of carbonyl (C=O) groups is 1. The summed E-state index contributed by atoms with van der Waals surface area (Å²) in [6.07, 6.45) is -4.59. The lowest BCUT2D eigenvalue weighted by Gasteiger charge is -2.09. The summed E-state index contributed by atoms with van der Waals surface area (Å²) in [5.41, 5.74) is 0.631. The van der Waals surface area contributed by atoms with E-state index >= 15 is 0 Å². The van der Waals surface area contributed by atoms with Crippen molar-refractivity contribution in [3.05, 3.63) is 65.2 Å². The molecule has 1 amide bonds. The van der Waals surface area contributed by atoms with Crippen molar-refractivity contribution < 1.29 is 23.1 Å². The zero-order valence-corrected chi connectivity index (χ0v) is 11.5. The molecule has 22 heavy (non-hydrogen) atoms. The number of rotatable bonds is 4. The highest BCUT2D eigenvalue weighted by atomic mass is 19.4. The SMILES string of the molecule is O=C(Cc1cccc(C(F)(F)F)c1)Nc1cccc(CO)c1. The molecule has 6 heteroatoms. The first kappa shape index (κ1) is 16.0. The first-order valence-electron chi connectivity index (χ1n) is 6.54. The Hall–Kier alpha value is -2.34. The van der Waals surface area contributed by atoms with Gasteiger partial charge in [0.1, 0.15) is 0 Å². The summed E-state index contributed by atoms with van der Waals surface area (Å²) in [5, 5.41) is 11.6. The van der Waals surface area contributed by atoms with E-state index in [0.717, 1.165) is 12.1 Å². The summed E-state index contributed by atoms with van der Waals surface area (Å²) in [6, 6.07) is 11.3. The molecular formula is C16H14F3NO2. The van der Waals surface area contributed by atoms with Crippen LogP contribution in [0.1, 0.15) is 16.7 Å². The second-order valence-electron chi connectivity index (χ2n) is 4.78. The van der Waals surface area contributed by atoms with Crippen LogP contribution in [0.2, 0.25) is 0 Å². The number of alkyl halides is 3. The van der Waals surface area contributed by atoms with Crippen molar-refractivity contribution in [2.45, 2.75) is 19.2 Å². The minimum absolute atomic E-state index is 0.155. The van der Waals surface area contributed by atoms with E-state index in [1.54, 1.807) is 24.3 Å². The van der Waals surface area contributed by atoms with Crippen molar-refractivity contribution in [3.8, 4) is 0 Å². The van der Waals surface area contributed by atoms with Crippen LogP contribution in [0.4, 0.5) is 18.9 Å². The topological polar surface area (TPSA) is 49.3 Å². The number of halogens is 3. The van der Waals surface area contributed by atoms with Crippen LogP contribution in [0, 0.1) is 0 Å². The van der Waals surface area contributed by atoms with Crippen molar-refractivity contribution in [2.75, 3.05) is 5.32 Å². The molecule has 0 aliphatic carbocycles. The average molecular weight is 309 g/mol. The molecule has 0 saturated carbocycles. The van der Waals surface area contributed by atoms with Gasteiger partial charge < -0.3 is 10.4 Å². The number of hydrogen-bond donors (Lipinski definition) is 2. The van der Waals surface area contributed by atoms with Crippen molar-refractivity contribution >= 4 is 11.6 Å². The number of benzene rings is 2. The van der Waals surface area contributed by atoms with E-state index in [2.05, 4.69) is 5.32 Å². The van der Waals surface area contributed by atoms with E-state index in [9.17, 15) is 18.0 Å². The minimum atomic E-state index is -4.43. The number of carbonyl (C=O) groups excluding carboxylic acids is 1. The predicted octanol–water partition coefficient (Wildman–Crippen LogP) is 3.38. The summed E-state index contributed by atoms with van der Waals surface area (Å²) in [7, 11) is 0. The highest BCUT2D eigenvalue weighted by Gasteiger charge is 2.30. The quantitative estimate of drug-likeness (QED) is 0.909.